The van der Waals surface area contributed by atoms with Crippen molar-refractivity contribution >= 4 is 5.91 Å². The van der Waals surface area contributed by atoms with Crippen molar-refractivity contribution in [2.75, 3.05) is 19.7 Å². The maximum Gasteiger partial charge on any atom is 0.253 e. The van der Waals surface area contributed by atoms with Crippen molar-refractivity contribution in [3.8, 4) is 0 Å². The van der Waals surface area contributed by atoms with Gasteiger partial charge in [0.15, 0.2) is 0 Å². The van der Waals surface area contributed by atoms with Gasteiger partial charge in [0.05, 0.1) is 0 Å². The fourth-order valence-corrected chi connectivity index (χ4v) is 2.07. The second kappa shape index (κ2) is 4.84. The van der Waals surface area contributed by atoms with Crippen LogP contribution in [0.25, 0.3) is 0 Å². The van der Waals surface area contributed by atoms with Crippen molar-refractivity contribution in [2.45, 2.75) is 13.3 Å². The third-order valence-corrected chi connectivity index (χ3v) is 3.25. The predicted molar refractivity (Wildman–Crippen MR) is 62.2 cm³/mol. The lowest BCUT2D eigenvalue weighted by Crippen LogP contribution is -2.29. The molecule has 0 radical (unpaired) electrons. The molecule has 0 unspecified atom stereocenters. The number of benzene rings is 1. The Morgan fingerprint density at radius 2 is 2.35 bits per heavy atom. The zero-order valence-electron chi connectivity index (χ0n) is 9.82. The summed E-state index contributed by atoms with van der Waals surface area (Å²) in [7, 11) is 0. The van der Waals surface area contributed by atoms with Gasteiger partial charge in [-0.15, -0.1) is 0 Å². The quantitative estimate of drug-likeness (QED) is 0.848. The Hall–Kier alpha value is -1.42. The average Bonchev–Trinajstić information content (AvgIpc) is 2.80. The maximum atomic E-state index is 13.4. The van der Waals surface area contributed by atoms with Crippen LogP contribution in [0.2, 0.25) is 0 Å². The molecule has 1 saturated heterocycles. The maximum absolute atomic E-state index is 13.4. The van der Waals surface area contributed by atoms with Crippen molar-refractivity contribution in [2.24, 2.45) is 5.92 Å². The molecule has 1 aromatic rings. The molecule has 1 aromatic carbocycles. The molecule has 0 aromatic heterocycles. The molecule has 1 aliphatic rings. The molecule has 92 valence electrons. The summed E-state index contributed by atoms with van der Waals surface area (Å²) in [4.78, 5) is 13.7. The van der Waals surface area contributed by atoms with E-state index in [4.69, 9.17) is 5.11 Å². The predicted octanol–water partition coefficient (Wildman–Crippen LogP) is 1.59. The summed E-state index contributed by atoms with van der Waals surface area (Å²) in [6, 6.07) is 4.54. The minimum atomic E-state index is -0.353. The summed E-state index contributed by atoms with van der Waals surface area (Å²) < 4.78 is 13.4. The Balaban J connectivity index is 2.12. The van der Waals surface area contributed by atoms with E-state index in [0.29, 0.717) is 24.2 Å². The van der Waals surface area contributed by atoms with E-state index in [9.17, 15) is 9.18 Å². The van der Waals surface area contributed by atoms with Crippen molar-refractivity contribution in [1.29, 1.82) is 0 Å². The van der Waals surface area contributed by atoms with Gasteiger partial charge in [-0.05, 0) is 31.0 Å². The third-order valence-electron chi connectivity index (χ3n) is 3.25. The van der Waals surface area contributed by atoms with Crippen molar-refractivity contribution in [3.05, 3.63) is 35.1 Å². The van der Waals surface area contributed by atoms with Crippen LogP contribution in [-0.2, 0) is 0 Å². The first-order valence-corrected chi connectivity index (χ1v) is 5.78. The minimum absolute atomic E-state index is 0.103. The highest BCUT2D eigenvalue weighted by Gasteiger charge is 2.26. The second-order valence-electron chi connectivity index (χ2n) is 4.55. The van der Waals surface area contributed by atoms with Gasteiger partial charge in [0.25, 0.3) is 5.91 Å². The van der Waals surface area contributed by atoms with E-state index in [1.165, 1.54) is 6.07 Å². The van der Waals surface area contributed by atoms with Gasteiger partial charge in [-0.25, -0.2) is 4.39 Å². The van der Waals surface area contributed by atoms with Gasteiger partial charge in [0, 0.05) is 31.2 Å². The van der Waals surface area contributed by atoms with Gasteiger partial charge in [-0.3, -0.25) is 4.79 Å². The zero-order chi connectivity index (χ0) is 12.4. The van der Waals surface area contributed by atoms with Crippen LogP contribution in [0.5, 0.6) is 0 Å². The first kappa shape index (κ1) is 12.0. The molecule has 0 bridgehead atoms. The third kappa shape index (κ3) is 2.47. The van der Waals surface area contributed by atoms with E-state index in [1.807, 2.05) is 0 Å². The van der Waals surface area contributed by atoms with Crippen LogP contribution in [0.15, 0.2) is 18.2 Å². The fourth-order valence-electron chi connectivity index (χ4n) is 2.07. The highest BCUT2D eigenvalue weighted by molar-refractivity contribution is 5.94. The minimum Gasteiger partial charge on any atom is -0.396 e. The molecule has 17 heavy (non-hydrogen) atoms. The van der Waals surface area contributed by atoms with Gasteiger partial charge >= 0.3 is 0 Å². The summed E-state index contributed by atoms with van der Waals surface area (Å²) >= 11 is 0. The number of hydrogen-bond acceptors (Lipinski definition) is 2. The number of likely N-dealkylation sites (tertiary alicyclic amines) is 1. The Morgan fingerprint density at radius 1 is 1.59 bits per heavy atom. The van der Waals surface area contributed by atoms with E-state index in [1.54, 1.807) is 24.0 Å². The van der Waals surface area contributed by atoms with E-state index in [0.717, 1.165) is 6.42 Å². The van der Waals surface area contributed by atoms with Crippen molar-refractivity contribution in [1.82, 2.24) is 4.90 Å². The second-order valence-corrected chi connectivity index (χ2v) is 4.55. The lowest BCUT2D eigenvalue weighted by atomic mass is 10.1. The lowest BCUT2D eigenvalue weighted by Gasteiger charge is -2.16. The van der Waals surface area contributed by atoms with E-state index < -0.39 is 0 Å². The number of rotatable bonds is 2. The van der Waals surface area contributed by atoms with Gasteiger partial charge in [0.2, 0.25) is 0 Å². The van der Waals surface area contributed by atoms with Gasteiger partial charge in [-0.1, -0.05) is 6.07 Å². The number of halogens is 1. The summed E-state index contributed by atoms with van der Waals surface area (Å²) in [5, 5.41) is 9.02. The highest BCUT2D eigenvalue weighted by Crippen LogP contribution is 2.19. The summed E-state index contributed by atoms with van der Waals surface area (Å²) in [6.07, 6.45) is 0.816. The summed E-state index contributed by atoms with van der Waals surface area (Å²) in [6.45, 7) is 2.97. The van der Waals surface area contributed by atoms with Crippen LogP contribution in [0.1, 0.15) is 22.3 Å². The molecule has 0 saturated carbocycles. The number of aryl methyl sites for hydroxylation is 1. The number of aliphatic hydroxyl groups is 1. The SMILES string of the molecule is Cc1ccc(C(=O)N2CC[C@H](CO)C2)cc1F. The van der Waals surface area contributed by atoms with E-state index in [2.05, 4.69) is 0 Å². The largest absolute Gasteiger partial charge is 0.396 e. The molecule has 1 atom stereocenters. The topological polar surface area (TPSA) is 40.5 Å². The van der Waals surface area contributed by atoms with Crippen LogP contribution in [0.4, 0.5) is 4.39 Å². The number of nitrogens with zero attached hydrogens (tertiary/aromatic N) is 1. The first-order valence-electron chi connectivity index (χ1n) is 5.78. The molecular formula is C13H16FNO2. The molecule has 3 nitrogen and oxygen atoms in total. The van der Waals surface area contributed by atoms with Gasteiger partial charge in [0.1, 0.15) is 5.82 Å². The van der Waals surface area contributed by atoms with Crippen molar-refractivity contribution < 1.29 is 14.3 Å². The van der Waals surface area contributed by atoms with E-state index >= 15 is 0 Å². The first-order chi connectivity index (χ1) is 8.11. The van der Waals surface area contributed by atoms with Crippen LogP contribution in [-0.4, -0.2) is 35.6 Å². The highest BCUT2D eigenvalue weighted by atomic mass is 19.1. The molecule has 1 aliphatic heterocycles. The molecular weight excluding hydrogens is 221 g/mol. The van der Waals surface area contributed by atoms with Crippen LogP contribution in [0.3, 0.4) is 0 Å². The molecule has 1 fully saturated rings. The number of carbonyl (C=O) groups excluding carboxylic acids is 1. The van der Waals surface area contributed by atoms with Crippen LogP contribution < -0.4 is 0 Å². The Morgan fingerprint density at radius 3 is 2.94 bits per heavy atom. The zero-order valence-corrected chi connectivity index (χ0v) is 9.82. The summed E-state index contributed by atoms with van der Waals surface area (Å²) in [5.41, 5.74) is 0.919. The number of carbonyl (C=O) groups is 1. The Kier molecular flexibility index (Phi) is 3.43. The lowest BCUT2D eigenvalue weighted by molar-refractivity contribution is 0.0781. The van der Waals surface area contributed by atoms with Gasteiger partial charge < -0.3 is 10.0 Å². The average molecular weight is 237 g/mol. The summed E-state index contributed by atoms with van der Waals surface area (Å²) in [5.74, 6) is -0.345. The molecule has 1 N–H and O–H groups in total. The molecule has 1 amide bonds. The Labute approximate surface area is 99.9 Å². The Bertz CT molecular complexity index is 433. The standard InChI is InChI=1S/C13H16FNO2/c1-9-2-3-11(6-12(9)14)13(17)15-5-4-10(7-15)8-16/h2-3,6,10,16H,4-5,7-8H2,1H3/t10-/m0/s1. The molecule has 1 heterocycles. The van der Waals surface area contributed by atoms with Crippen LogP contribution >= 0.6 is 0 Å². The van der Waals surface area contributed by atoms with Crippen molar-refractivity contribution in [3.63, 3.8) is 0 Å². The van der Waals surface area contributed by atoms with Crippen LogP contribution in [0, 0.1) is 18.7 Å². The fraction of sp³-hybridized carbons (Fsp3) is 0.462. The number of hydrogen-bond donors (Lipinski definition) is 1. The normalized spacial score (nSPS) is 19.7. The monoisotopic (exact) mass is 237 g/mol. The van der Waals surface area contributed by atoms with E-state index in [-0.39, 0.29) is 24.2 Å². The van der Waals surface area contributed by atoms with Gasteiger partial charge in [-0.2, -0.15) is 0 Å². The number of amides is 1. The molecule has 4 heteroatoms. The molecule has 0 spiro atoms. The molecule has 0 aliphatic carbocycles. The smallest absolute Gasteiger partial charge is 0.253 e. The number of aliphatic hydroxyl groups excluding tert-OH is 1. The molecule has 2 rings (SSSR count).